The van der Waals surface area contributed by atoms with Crippen LogP contribution in [0.5, 0.6) is 0 Å². The summed E-state index contributed by atoms with van der Waals surface area (Å²) >= 11 is 0. The van der Waals surface area contributed by atoms with Gasteiger partial charge in [-0.2, -0.15) is 0 Å². The predicted octanol–water partition coefficient (Wildman–Crippen LogP) is 2.92. The van der Waals surface area contributed by atoms with E-state index >= 15 is 0 Å². The number of furan rings is 1. The van der Waals surface area contributed by atoms with Crippen molar-refractivity contribution < 1.29 is 4.42 Å². The summed E-state index contributed by atoms with van der Waals surface area (Å²) in [5.74, 6) is 1.60. The first-order valence-electron chi connectivity index (χ1n) is 6.36. The molecule has 1 aliphatic rings. The molecule has 0 amide bonds. The van der Waals surface area contributed by atoms with Gasteiger partial charge in [0.2, 0.25) is 0 Å². The molecule has 0 fully saturated rings. The third-order valence-electron chi connectivity index (χ3n) is 3.48. The van der Waals surface area contributed by atoms with Crippen molar-refractivity contribution in [1.29, 1.82) is 0 Å². The van der Waals surface area contributed by atoms with Gasteiger partial charge in [-0.05, 0) is 30.8 Å². The standard InChI is InChI=1S/C15H18N2O/c1-17(11-13-5-4-8-18-13)10-12-9-16-15-7-3-2-6-14(12)15/h2-8,12,16H,9-11H2,1H3. The zero-order valence-electron chi connectivity index (χ0n) is 10.6. The number of likely N-dealkylation sites (N-methyl/N-ethyl adjacent to an activating group) is 1. The van der Waals surface area contributed by atoms with Crippen LogP contribution >= 0.6 is 0 Å². The van der Waals surface area contributed by atoms with Gasteiger partial charge in [-0.1, -0.05) is 18.2 Å². The van der Waals surface area contributed by atoms with Gasteiger partial charge >= 0.3 is 0 Å². The Morgan fingerprint density at radius 1 is 1.28 bits per heavy atom. The first kappa shape index (κ1) is 11.4. The van der Waals surface area contributed by atoms with Crippen molar-refractivity contribution in [3.05, 3.63) is 54.0 Å². The molecule has 1 aromatic carbocycles. The Balaban J connectivity index is 1.64. The largest absolute Gasteiger partial charge is 0.468 e. The van der Waals surface area contributed by atoms with E-state index in [9.17, 15) is 0 Å². The molecular weight excluding hydrogens is 224 g/mol. The molecule has 3 nitrogen and oxygen atoms in total. The quantitative estimate of drug-likeness (QED) is 0.893. The summed E-state index contributed by atoms with van der Waals surface area (Å²) in [5, 5.41) is 3.46. The number of rotatable bonds is 4. The van der Waals surface area contributed by atoms with Crippen LogP contribution in [0.1, 0.15) is 17.2 Å². The lowest BCUT2D eigenvalue weighted by atomic mass is 10.0. The first-order valence-corrected chi connectivity index (χ1v) is 6.36. The molecular formula is C15H18N2O. The zero-order chi connectivity index (χ0) is 12.4. The molecule has 3 rings (SSSR count). The van der Waals surface area contributed by atoms with Crippen molar-refractivity contribution in [2.75, 3.05) is 25.5 Å². The number of benzene rings is 1. The number of hydrogen-bond donors (Lipinski definition) is 1. The average molecular weight is 242 g/mol. The Morgan fingerprint density at radius 2 is 2.17 bits per heavy atom. The number of para-hydroxylation sites is 1. The van der Waals surface area contributed by atoms with Gasteiger partial charge in [0.05, 0.1) is 12.8 Å². The molecule has 1 aliphatic heterocycles. The van der Waals surface area contributed by atoms with Gasteiger partial charge < -0.3 is 9.73 Å². The predicted molar refractivity (Wildman–Crippen MR) is 72.7 cm³/mol. The molecule has 2 aromatic rings. The monoisotopic (exact) mass is 242 g/mol. The minimum absolute atomic E-state index is 0.571. The van der Waals surface area contributed by atoms with Crippen LogP contribution in [0.3, 0.4) is 0 Å². The van der Waals surface area contributed by atoms with E-state index in [4.69, 9.17) is 4.42 Å². The molecule has 1 atom stereocenters. The Bertz CT molecular complexity index is 507. The number of nitrogens with zero attached hydrogens (tertiary/aromatic N) is 1. The van der Waals surface area contributed by atoms with Crippen LogP contribution in [-0.4, -0.2) is 25.0 Å². The molecule has 0 bridgehead atoms. The van der Waals surface area contributed by atoms with E-state index in [1.54, 1.807) is 6.26 Å². The second kappa shape index (κ2) is 4.86. The molecule has 0 aliphatic carbocycles. The van der Waals surface area contributed by atoms with Crippen molar-refractivity contribution in [3.8, 4) is 0 Å². The van der Waals surface area contributed by atoms with Crippen LogP contribution in [0.4, 0.5) is 5.69 Å². The Hall–Kier alpha value is -1.74. The van der Waals surface area contributed by atoms with Crippen LogP contribution in [0.25, 0.3) is 0 Å². The molecule has 3 heteroatoms. The van der Waals surface area contributed by atoms with E-state index in [0.717, 1.165) is 25.4 Å². The topological polar surface area (TPSA) is 28.4 Å². The van der Waals surface area contributed by atoms with Crippen molar-refractivity contribution in [1.82, 2.24) is 4.90 Å². The van der Waals surface area contributed by atoms with Gasteiger partial charge in [0.1, 0.15) is 5.76 Å². The zero-order valence-corrected chi connectivity index (χ0v) is 10.6. The number of anilines is 1. The lowest BCUT2D eigenvalue weighted by Gasteiger charge is -2.19. The highest BCUT2D eigenvalue weighted by molar-refractivity contribution is 5.57. The molecule has 0 saturated carbocycles. The lowest BCUT2D eigenvalue weighted by molar-refractivity contribution is 0.282. The van der Waals surface area contributed by atoms with Gasteiger partial charge in [0.25, 0.3) is 0 Å². The maximum absolute atomic E-state index is 5.38. The smallest absolute Gasteiger partial charge is 0.117 e. The van der Waals surface area contributed by atoms with Gasteiger partial charge in [-0.15, -0.1) is 0 Å². The van der Waals surface area contributed by atoms with E-state index in [2.05, 4.69) is 41.5 Å². The van der Waals surface area contributed by atoms with E-state index in [-0.39, 0.29) is 0 Å². The number of hydrogen-bond acceptors (Lipinski definition) is 3. The van der Waals surface area contributed by atoms with Gasteiger partial charge in [0.15, 0.2) is 0 Å². The van der Waals surface area contributed by atoms with Gasteiger partial charge in [-0.3, -0.25) is 4.90 Å². The molecule has 94 valence electrons. The van der Waals surface area contributed by atoms with E-state index in [1.807, 2.05) is 12.1 Å². The van der Waals surface area contributed by atoms with Crippen molar-refractivity contribution in [2.24, 2.45) is 0 Å². The van der Waals surface area contributed by atoms with Gasteiger partial charge in [0, 0.05) is 24.7 Å². The average Bonchev–Trinajstić information content (AvgIpc) is 3.00. The minimum atomic E-state index is 0.571. The fourth-order valence-electron chi connectivity index (χ4n) is 2.63. The van der Waals surface area contributed by atoms with Crippen molar-refractivity contribution in [2.45, 2.75) is 12.5 Å². The molecule has 2 heterocycles. The molecule has 0 saturated heterocycles. The highest BCUT2D eigenvalue weighted by atomic mass is 16.3. The minimum Gasteiger partial charge on any atom is -0.468 e. The normalized spacial score (nSPS) is 17.8. The SMILES string of the molecule is CN(Cc1ccco1)CC1CNc2ccccc21. The summed E-state index contributed by atoms with van der Waals surface area (Å²) in [5.41, 5.74) is 2.72. The maximum Gasteiger partial charge on any atom is 0.117 e. The molecule has 0 spiro atoms. The highest BCUT2D eigenvalue weighted by Crippen LogP contribution is 2.31. The van der Waals surface area contributed by atoms with E-state index in [1.165, 1.54) is 11.3 Å². The second-order valence-electron chi connectivity index (χ2n) is 4.94. The van der Waals surface area contributed by atoms with E-state index < -0.39 is 0 Å². The van der Waals surface area contributed by atoms with E-state index in [0.29, 0.717) is 5.92 Å². The molecule has 1 N–H and O–H groups in total. The van der Waals surface area contributed by atoms with Crippen LogP contribution in [0.15, 0.2) is 47.1 Å². The Morgan fingerprint density at radius 3 is 3.00 bits per heavy atom. The van der Waals surface area contributed by atoms with Gasteiger partial charge in [-0.25, -0.2) is 0 Å². The fraction of sp³-hybridized carbons (Fsp3) is 0.333. The van der Waals surface area contributed by atoms with Crippen LogP contribution in [0, 0.1) is 0 Å². The number of fused-ring (bicyclic) bond motifs is 1. The fourth-order valence-corrected chi connectivity index (χ4v) is 2.63. The third-order valence-corrected chi connectivity index (χ3v) is 3.48. The molecule has 18 heavy (non-hydrogen) atoms. The van der Waals surface area contributed by atoms with Crippen LogP contribution < -0.4 is 5.32 Å². The van der Waals surface area contributed by atoms with Crippen LogP contribution in [-0.2, 0) is 6.54 Å². The summed E-state index contributed by atoms with van der Waals surface area (Å²) in [6.07, 6.45) is 1.73. The van der Waals surface area contributed by atoms with Crippen LogP contribution in [0.2, 0.25) is 0 Å². The second-order valence-corrected chi connectivity index (χ2v) is 4.94. The summed E-state index contributed by atoms with van der Waals surface area (Å²) in [6.45, 7) is 2.94. The first-order chi connectivity index (χ1) is 8.83. The summed E-state index contributed by atoms with van der Waals surface area (Å²) < 4.78 is 5.38. The highest BCUT2D eigenvalue weighted by Gasteiger charge is 2.22. The molecule has 0 radical (unpaired) electrons. The number of nitrogens with one attached hydrogen (secondary N) is 1. The van der Waals surface area contributed by atoms with Crippen molar-refractivity contribution in [3.63, 3.8) is 0 Å². The molecule has 1 aromatic heterocycles. The Kier molecular flexibility index (Phi) is 3.07. The van der Waals surface area contributed by atoms with Crippen molar-refractivity contribution >= 4 is 5.69 Å². The maximum atomic E-state index is 5.38. The Labute approximate surface area is 107 Å². The third kappa shape index (κ3) is 2.27. The lowest BCUT2D eigenvalue weighted by Crippen LogP contribution is -2.25. The summed E-state index contributed by atoms with van der Waals surface area (Å²) in [4.78, 5) is 2.31. The summed E-state index contributed by atoms with van der Waals surface area (Å²) in [7, 11) is 2.14. The summed E-state index contributed by atoms with van der Waals surface area (Å²) in [6, 6.07) is 12.5. The molecule has 1 unspecified atom stereocenters.